The number of rotatable bonds is 12. The first-order chi connectivity index (χ1) is 15.9. The number of hydrogen-bond donors (Lipinski definition) is 0. The van der Waals surface area contributed by atoms with E-state index in [9.17, 15) is 4.79 Å². The Balaban J connectivity index is 2.62. The van der Waals surface area contributed by atoms with E-state index in [1.54, 1.807) is 21.3 Å². The van der Waals surface area contributed by atoms with Gasteiger partial charge in [-0.25, -0.2) is 5.06 Å². The summed E-state index contributed by atoms with van der Waals surface area (Å²) in [5.74, 6) is 1.06. The average molecular weight is 498 g/mol. The van der Waals surface area contributed by atoms with E-state index in [1.165, 1.54) is 12.2 Å². The van der Waals surface area contributed by atoms with Crippen molar-refractivity contribution in [1.29, 1.82) is 0 Å². The maximum absolute atomic E-state index is 13.1. The minimum Gasteiger partial charge on any atom is -0.468 e. The molecule has 0 N–H and O–H groups in total. The lowest BCUT2D eigenvalue weighted by atomic mass is 9.84. The minimum absolute atomic E-state index is 0.0388. The van der Waals surface area contributed by atoms with Crippen molar-refractivity contribution < 1.29 is 33.0 Å². The zero-order chi connectivity index (χ0) is 25.5. The highest BCUT2D eigenvalue weighted by atomic mass is 28.2. The number of carbonyl (C=O) groups excluding carboxylic acids is 1. The Hall–Kier alpha value is -1.65. The Morgan fingerprint density at radius 1 is 1.03 bits per heavy atom. The van der Waals surface area contributed by atoms with Gasteiger partial charge < -0.3 is 23.4 Å². The third kappa shape index (κ3) is 7.42. The van der Waals surface area contributed by atoms with Gasteiger partial charge >= 0.3 is 0 Å². The molecule has 0 aliphatic heterocycles. The van der Waals surface area contributed by atoms with Crippen molar-refractivity contribution in [3.05, 3.63) is 23.3 Å². The second-order valence-corrected chi connectivity index (χ2v) is 13.2. The van der Waals surface area contributed by atoms with E-state index >= 15 is 0 Å². The Morgan fingerprint density at radius 2 is 1.68 bits per heavy atom. The van der Waals surface area contributed by atoms with E-state index in [1.807, 2.05) is 12.1 Å². The number of hydrogen-bond acceptors (Lipinski definition) is 7. The van der Waals surface area contributed by atoms with Crippen LogP contribution in [0.1, 0.15) is 70.9 Å². The number of methoxy groups -OCH3 is 2. The van der Waals surface area contributed by atoms with Crippen LogP contribution in [0.25, 0.3) is 0 Å². The topological polar surface area (TPSA) is 75.7 Å². The van der Waals surface area contributed by atoms with E-state index in [4.69, 9.17) is 28.2 Å². The third-order valence-corrected chi connectivity index (χ3v) is 7.82. The third-order valence-electron chi connectivity index (χ3n) is 6.09. The predicted octanol–water partition coefficient (Wildman–Crippen LogP) is 4.11. The summed E-state index contributed by atoms with van der Waals surface area (Å²) in [5, 5.41) is 1.44. The Labute approximate surface area is 207 Å². The van der Waals surface area contributed by atoms with E-state index in [0.29, 0.717) is 11.5 Å². The van der Waals surface area contributed by atoms with E-state index in [2.05, 4.69) is 34.6 Å². The first kappa shape index (κ1) is 28.6. The molecule has 0 aromatic heterocycles. The summed E-state index contributed by atoms with van der Waals surface area (Å²) in [6.45, 7) is 10.9. The lowest BCUT2D eigenvalue weighted by Crippen LogP contribution is -2.33. The first-order valence-electron chi connectivity index (χ1n) is 11.8. The fourth-order valence-corrected chi connectivity index (χ4v) is 5.21. The molecule has 194 valence electrons. The number of hydroxylamine groups is 2. The van der Waals surface area contributed by atoms with Crippen molar-refractivity contribution in [2.24, 2.45) is 5.92 Å². The molecule has 1 saturated carbocycles. The first-order valence-corrected chi connectivity index (χ1v) is 13.1. The van der Waals surface area contributed by atoms with Crippen molar-refractivity contribution in [2.75, 3.05) is 42.0 Å². The van der Waals surface area contributed by atoms with Crippen LogP contribution in [0.2, 0.25) is 5.04 Å². The highest BCUT2D eigenvalue weighted by molar-refractivity contribution is 6.31. The molecule has 9 heteroatoms. The molecule has 1 fully saturated rings. The van der Waals surface area contributed by atoms with Gasteiger partial charge in [0, 0.05) is 38.3 Å². The van der Waals surface area contributed by atoms with Gasteiger partial charge in [0.15, 0.2) is 23.3 Å². The van der Waals surface area contributed by atoms with Crippen LogP contribution < -0.4 is 9.47 Å². The van der Waals surface area contributed by atoms with Crippen molar-refractivity contribution in [3.8, 4) is 11.5 Å². The van der Waals surface area contributed by atoms with Crippen molar-refractivity contribution >= 4 is 15.7 Å². The molecule has 2 unspecified atom stereocenters. The quantitative estimate of drug-likeness (QED) is 0.244. The van der Waals surface area contributed by atoms with Crippen molar-refractivity contribution in [3.63, 3.8) is 0 Å². The lowest BCUT2D eigenvalue weighted by molar-refractivity contribution is -0.173. The van der Waals surface area contributed by atoms with Gasteiger partial charge in [-0.3, -0.25) is 9.63 Å². The Bertz CT molecular complexity index is 809. The van der Waals surface area contributed by atoms with Gasteiger partial charge in [0.25, 0.3) is 0 Å². The summed E-state index contributed by atoms with van der Waals surface area (Å²) in [4.78, 5) is 18.3. The van der Waals surface area contributed by atoms with Gasteiger partial charge in [-0.2, -0.15) is 0 Å². The van der Waals surface area contributed by atoms with E-state index in [0.717, 1.165) is 30.4 Å². The normalized spacial score (nSPS) is 19.1. The van der Waals surface area contributed by atoms with E-state index in [-0.39, 0.29) is 36.4 Å². The number of amides is 1. The van der Waals surface area contributed by atoms with Gasteiger partial charge in [0.2, 0.25) is 5.91 Å². The molecule has 0 saturated heterocycles. The largest absolute Gasteiger partial charge is 0.468 e. The molecule has 8 nitrogen and oxygen atoms in total. The molecule has 1 aromatic rings. The molecule has 0 spiro atoms. The molecule has 2 atom stereocenters. The number of benzene rings is 1. The molecule has 0 bridgehead atoms. The SMILES string of the molecule is COCOc1cc(C2CCCC2C(=O)N(C)OC)c(OCOC)c(C(C)(C)O[SiH2]C(C)(C)C)c1. The average Bonchev–Trinajstić information content (AvgIpc) is 3.28. The summed E-state index contributed by atoms with van der Waals surface area (Å²) < 4.78 is 29.0. The predicted molar refractivity (Wildman–Crippen MR) is 134 cm³/mol. The number of ether oxygens (including phenoxy) is 4. The smallest absolute Gasteiger partial charge is 0.249 e. The van der Waals surface area contributed by atoms with Crippen LogP contribution in [0.15, 0.2) is 12.1 Å². The molecule has 0 heterocycles. The summed E-state index contributed by atoms with van der Waals surface area (Å²) in [6.07, 6.45) is 2.59. The second kappa shape index (κ2) is 12.4. The zero-order valence-electron chi connectivity index (χ0n) is 22.4. The molecule has 34 heavy (non-hydrogen) atoms. The van der Waals surface area contributed by atoms with Crippen LogP contribution in [0.3, 0.4) is 0 Å². The number of carbonyl (C=O) groups is 1. The van der Waals surface area contributed by atoms with Crippen molar-refractivity contribution in [1.82, 2.24) is 5.06 Å². The van der Waals surface area contributed by atoms with Crippen molar-refractivity contribution in [2.45, 2.75) is 70.4 Å². The molecule has 1 aliphatic carbocycles. The fourth-order valence-electron chi connectivity index (χ4n) is 4.26. The standard InChI is InChI=1S/C25H43NO7Si/c1-24(2,3)34-33-25(4,5)21-14-17(31-15-28-7)13-20(22(21)32-16-29-8)18-11-10-12-19(18)23(27)26(6)30-9/h13-14,18-19H,10-12,15-16,34H2,1-9H3. The van der Waals surface area contributed by atoms with Crippen LogP contribution in [0, 0.1) is 5.92 Å². The second-order valence-electron chi connectivity index (χ2n) is 10.5. The van der Waals surface area contributed by atoms with E-state index < -0.39 is 15.4 Å². The summed E-state index contributed by atoms with van der Waals surface area (Å²) >= 11 is 0. The van der Waals surface area contributed by atoms with Crippen LogP contribution in [0.5, 0.6) is 11.5 Å². The number of nitrogens with zero attached hydrogens (tertiary/aromatic N) is 1. The summed E-state index contributed by atoms with van der Waals surface area (Å²) in [6, 6.07) is 3.92. The minimum atomic E-state index is -0.858. The Kier molecular flexibility index (Phi) is 10.4. The van der Waals surface area contributed by atoms with Crippen LogP contribution in [0.4, 0.5) is 0 Å². The van der Waals surface area contributed by atoms with Gasteiger partial charge in [-0.15, -0.1) is 0 Å². The molecular formula is C25H43NO7Si. The molecule has 1 amide bonds. The lowest BCUT2D eigenvalue weighted by Gasteiger charge is -2.34. The summed E-state index contributed by atoms with van der Waals surface area (Å²) in [5.41, 5.74) is 1.18. The maximum atomic E-state index is 13.1. The van der Waals surface area contributed by atoms with Crippen LogP contribution in [-0.2, 0) is 29.1 Å². The summed E-state index contributed by atoms with van der Waals surface area (Å²) in [7, 11) is 5.48. The highest BCUT2D eigenvalue weighted by Gasteiger charge is 2.40. The fraction of sp³-hybridized carbons (Fsp3) is 0.720. The van der Waals surface area contributed by atoms with Gasteiger partial charge in [0.1, 0.15) is 11.5 Å². The van der Waals surface area contributed by atoms with Gasteiger partial charge in [-0.05, 0) is 49.8 Å². The molecular weight excluding hydrogens is 454 g/mol. The monoisotopic (exact) mass is 497 g/mol. The molecule has 2 rings (SSSR count). The molecule has 0 radical (unpaired) electrons. The van der Waals surface area contributed by atoms with Crippen LogP contribution in [-0.4, -0.2) is 62.7 Å². The maximum Gasteiger partial charge on any atom is 0.249 e. The van der Waals surface area contributed by atoms with Crippen LogP contribution >= 0.6 is 0 Å². The molecule has 1 aliphatic rings. The highest BCUT2D eigenvalue weighted by Crippen LogP contribution is 2.49. The van der Waals surface area contributed by atoms with Gasteiger partial charge in [0.05, 0.1) is 12.7 Å². The zero-order valence-corrected chi connectivity index (χ0v) is 23.8. The molecule has 1 aromatic carbocycles. The Morgan fingerprint density at radius 3 is 2.26 bits per heavy atom. The van der Waals surface area contributed by atoms with Gasteiger partial charge in [-0.1, -0.05) is 27.2 Å².